The summed E-state index contributed by atoms with van der Waals surface area (Å²) in [7, 11) is 0. The molecule has 2 atom stereocenters. The molecule has 0 aromatic heterocycles. The van der Waals surface area contributed by atoms with E-state index in [9.17, 15) is 14.7 Å². The highest BCUT2D eigenvalue weighted by molar-refractivity contribution is 5.76. The zero-order valence-corrected chi connectivity index (χ0v) is 9.35. The van der Waals surface area contributed by atoms with Crippen LogP contribution in [0.1, 0.15) is 26.2 Å². The third-order valence-electron chi connectivity index (χ3n) is 2.69. The second kappa shape index (κ2) is 5.69. The van der Waals surface area contributed by atoms with Gasteiger partial charge in [0, 0.05) is 19.1 Å². The summed E-state index contributed by atoms with van der Waals surface area (Å²) in [6.45, 7) is 2.68. The zero-order chi connectivity index (χ0) is 12.1. The molecule has 0 saturated carbocycles. The minimum Gasteiger partial charge on any atom is -0.481 e. The molecule has 0 radical (unpaired) electrons. The Morgan fingerprint density at radius 2 is 2.25 bits per heavy atom. The van der Waals surface area contributed by atoms with Crippen molar-refractivity contribution in [2.45, 2.75) is 38.3 Å². The molecule has 1 rings (SSSR count). The van der Waals surface area contributed by atoms with Crippen molar-refractivity contribution in [3.8, 4) is 0 Å². The van der Waals surface area contributed by atoms with E-state index >= 15 is 0 Å². The Hall–Kier alpha value is -1.30. The Labute approximate surface area is 94.2 Å². The highest BCUT2D eigenvalue weighted by Crippen LogP contribution is 2.09. The van der Waals surface area contributed by atoms with Crippen molar-refractivity contribution >= 4 is 12.0 Å². The molecule has 0 bridgehead atoms. The number of carboxylic acid groups (broad SMARTS) is 1. The lowest BCUT2D eigenvalue weighted by atomic mass is 10.1. The zero-order valence-electron chi connectivity index (χ0n) is 9.35. The molecule has 0 aromatic carbocycles. The van der Waals surface area contributed by atoms with Crippen molar-refractivity contribution in [3.63, 3.8) is 0 Å². The van der Waals surface area contributed by atoms with E-state index in [1.807, 2.05) is 6.92 Å². The second-order valence-corrected chi connectivity index (χ2v) is 4.04. The van der Waals surface area contributed by atoms with Crippen LogP contribution >= 0.6 is 0 Å². The fourth-order valence-electron chi connectivity index (χ4n) is 1.70. The summed E-state index contributed by atoms with van der Waals surface area (Å²) < 4.78 is 0. The van der Waals surface area contributed by atoms with Gasteiger partial charge in [-0.1, -0.05) is 6.92 Å². The van der Waals surface area contributed by atoms with Crippen LogP contribution in [0, 0.1) is 0 Å². The highest BCUT2D eigenvalue weighted by Gasteiger charge is 2.26. The monoisotopic (exact) mass is 230 g/mol. The third-order valence-corrected chi connectivity index (χ3v) is 2.69. The molecular formula is C10H18N2O4. The van der Waals surface area contributed by atoms with Crippen LogP contribution in [0.2, 0.25) is 0 Å². The molecule has 16 heavy (non-hydrogen) atoms. The Kier molecular flexibility index (Phi) is 4.54. The lowest BCUT2D eigenvalue weighted by Gasteiger charge is -2.21. The van der Waals surface area contributed by atoms with Crippen LogP contribution in [0.3, 0.4) is 0 Å². The summed E-state index contributed by atoms with van der Waals surface area (Å²) in [5.74, 6) is -0.923. The van der Waals surface area contributed by atoms with Crippen molar-refractivity contribution < 1.29 is 19.8 Å². The highest BCUT2D eigenvalue weighted by atomic mass is 16.4. The van der Waals surface area contributed by atoms with E-state index in [2.05, 4.69) is 5.32 Å². The molecule has 2 unspecified atom stereocenters. The summed E-state index contributed by atoms with van der Waals surface area (Å²) in [6, 6.07) is -0.632. The molecule has 92 valence electrons. The summed E-state index contributed by atoms with van der Waals surface area (Å²) in [5, 5.41) is 20.6. The molecule has 1 aliphatic heterocycles. The average molecular weight is 230 g/mol. The Bertz CT molecular complexity index is 270. The van der Waals surface area contributed by atoms with E-state index in [0.717, 1.165) is 0 Å². The topological polar surface area (TPSA) is 89.9 Å². The van der Waals surface area contributed by atoms with Gasteiger partial charge in [-0.25, -0.2) is 4.79 Å². The van der Waals surface area contributed by atoms with E-state index in [1.165, 1.54) is 4.90 Å². The Morgan fingerprint density at radius 3 is 2.69 bits per heavy atom. The van der Waals surface area contributed by atoms with E-state index in [1.54, 1.807) is 0 Å². The molecule has 0 spiro atoms. The Balaban J connectivity index is 2.39. The fourth-order valence-corrected chi connectivity index (χ4v) is 1.70. The molecule has 1 aliphatic rings. The van der Waals surface area contributed by atoms with Crippen LogP contribution in [-0.2, 0) is 4.79 Å². The van der Waals surface area contributed by atoms with Gasteiger partial charge < -0.3 is 20.4 Å². The molecule has 0 aliphatic carbocycles. The number of urea groups is 1. The van der Waals surface area contributed by atoms with E-state index in [0.29, 0.717) is 25.9 Å². The molecule has 1 saturated heterocycles. The molecule has 6 heteroatoms. The predicted molar refractivity (Wildman–Crippen MR) is 57.1 cm³/mol. The number of carbonyl (C=O) groups is 2. The van der Waals surface area contributed by atoms with Gasteiger partial charge in [-0.3, -0.25) is 4.79 Å². The fraction of sp³-hybridized carbons (Fsp3) is 0.800. The quantitative estimate of drug-likeness (QED) is 0.635. The number of nitrogens with zero attached hydrogens (tertiary/aromatic N) is 1. The summed E-state index contributed by atoms with van der Waals surface area (Å²) in [4.78, 5) is 23.7. The molecule has 6 nitrogen and oxygen atoms in total. The minimum absolute atomic E-state index is 0.0708. The van der Waals surface area contributed by atoms with Gasteiger partial charge >= 0.3 is 12.0 Å². The van der Waals surface area contributed by atoms with Gasteiger partial charge in [0.25, 0.3) is 0 Å². The number of likely N-dealkylation sites (tertiary alicyclic amines) is 1. The number of rotatable bonds is 4. The molecule has 1 fully saturated rings. The van der Waals surface area contributed by atoms with Crippen LogP contribution in [-0.4, -0.2) is 52.3 Å². The summed E-state index contributed by atoms with van der Waals surface area (Å²) in [6.07, 6.45) is 0.640. The molecular weight excluding hydrogens is 212 g/mol. The summed E-state index contributed by atoms with van der Waals surface area (Å²) >= 11 is 0. The predicted octanol–water partition coefficient (Wildman–Crippen LogP) is 0.0159. The molecule has 0 aromatic rings. The standard InChI is InChI=1S/C10H18N2O4/c1-2-7(5-9(14)15)11-10(16)12-4-3-8(13)6-12/h7-8,13H,2-6H2,1H3,(H,11,16)(H,14,15). The van der Waals surface area contributed by atoms with Gasteiger partial charge in [-0.05, 0) is 12.8 Å². The molecule has 3 N–H and O–H groups in total. The SMILES string of the molecule is CCC(CC(=O)O)NC(=O)N1CCC(O)C1. The number of aliphatic carboxylic acids is 1. The van der Waals surface area contributed by atoms with Gasteiger partial charge in [0.1, 0.15) is 0 Å². The largest absolute Gasteiger partial charge is 0.481 e. The van der Waals surface area contributed by atoms with Gasteiger partial charge in [0.2, 0.25) is 0 Å². The van der Waals surface area contributed by atoms with E-state index in [-0.39, 0.29) is 18.5 Å². The first-order valence-corrected chi connectivity index (χ1v) is 5.48. The van der Waals surface area contributed by atoms with Gasteiger partial charge in [-0.2, -0.15) is 0 Å². The maximum Gasteiger partial charge on any atom is 0.317 e. The first-order valence-electron chi connectivity index (χ1n) is 5.48. The average Bonchev–Trinajstić information content (AvgIpc) is 2.63. The van der Waals surface area contributed by atoms with Gasteiger partial charge in [-0.15, -0.1) is 0 Å². The number of hydrogen-bond acceptors (Lipinski definition) is 3. The first kappa shape index (κ1) is 12.8. The van der Waals surface area contributed by atoms with Crippen LogP contribution in [0.5, 0.6) is 0 Å². The van der Waals surface area contributed by atoms with Crippen molar-refractivity contribution in [2.24, 2.45) is 0 Å². The van der Waals surface area contributed by atoms with Crippen molar-refractivity contribution in [1.29, 1.82) is 0 Å². The summed E-state index contributed by atoms with van der Waals surface area (Å²) in [5.41, 5.74) is 0. The van der Waals surface area contributed by atoms with E-state index < -0.39 is 12.1 Å². The molecule has 1 heterocycles. The maximum atomic E-state index is 11.7. The van der Waals surface area contributed by atoms with Crippen molar-refractivity contribution in [3.05, 3.63) is 0 Å². The number of aliphatic hydroxyl groups is 1. The number of hydrogen-bond donors (Lipinski definition) is 3. The lowest BCUT2D eigenvalue weighted by Crippen LogP contribution is -2.44. The number of carboxylic acids is 1. The van der Waals surface area contributed by atoms with Gasteiger partial charge in [0.05, 0.1) is 12.5 Å². The van der Waals surface area contributed by atoms with Gasteiger partial charge in [0.15, 0.2) is 0 Å². The van der Waals surface area contributed by atoms with Crippen LogP contribution in [0.4, 0.5) is 4.79 Å². The third kappa shape index (κ3) is 3.69. The molecule has 2 amide bonds. The number of aliphatic hydroxyl groups excluding tert-OH is 1. The number of amides is 2. The van der Waals surface area contributed by atoms with Crippen LogP contribution < -0.4 is 5.32 Å². The lowest BCUT2D eigenvalue weighted by molar-refractivity contribution is -0.137. The number of carbonyl (C=O) groups excluding carboxylic acids is 1. The Morgan fingerprint density at radius 1 is 1.56 bits per heavy atom. The normalized spacial score (nSPS) is 21.9. The van der Waals surface area contributed by atoms with E-state index in [4.69, 9.17) is 5.11 Å². The second-order valence-electron chi connectivity index (χ2n) is 4.04. The van der Waals surface area contributed by atoms with Crippen molar-refractivity contribution in [2.75, 3.05) is 13.1 Å². The van der Waals surface area contributed by atoms with Crippen LogP contribution in [0.25, 0.3) is 0 Å². The number of nitrogens with one attached hydrogen (secondary N) is 1. The maximum absolute atomic E-state index is 11.7. The number of β-amino-alcohol motifs (C(OH)–C–C–N with tert-alkyl or cyclic N) is 1. The van der Waals surface area contributed by atoms with Crippen molar-refractivity contribution in [1.82, 2.24) is 10.2 Å². The smallest absolute Gasteiger partial charge is 0.317 e. The first-order chi connectivity index (χ1) is 7.52. The minimum atomic E-state index is -0.923. The van der Waals surface area contributed by atoms with Crippen LogP contribution in [0.15, 0.2) is 0 Å².